The number of hydrogen-bond acceptors (Lipinski definition) is 2. The Morgan fingerprint density at radius 3 is 1.87 bits per heavy atom. The highest BCUT2D eigenvalue weighted by Gasteiger charge is 2.36. The van der Waals surface area contributed by atoms with E-state index in [1.807, 2.05) is 6.07 Å². The average Bonchev–Trinajstić information content (AvgIpc) is 3.78. The maximum Gasteiger partial charge on any atom is 0.143 e. The zero-order chi connectivity index (χ0) is 41.5. The summed E-state index contributed by atoms with van der Waals surface area (Å²) in [6.07, 6.45) is 0. The van der Waals surface area contributed by atoms with Crippen molar-refractivity contribution in [2.75, 3.05) is 4.90 Å². The minimum absolute atomic E-state index is 0.0866. The van der Waals surface area contributed by atoms with Gasteiger partial charge in [-0.2, -0.15) is 0 Å². The van der Waals surface area contributed by atoms with Crippen LogP contribution in [0.4, 0.5) is 17.1 Å². The molecule has 9 aromatic carbocycles. The fourth-order valence-corrected chi connectivity index (χ4v) is 9.81. The van der Waals surface area contributed by atoms with Crippen LogP contribution in [0.5, 0.6) is 0 Å². The third-order valence-electron chi connectivity index (χ3n) is 13.0. The molecule has 0 atom stereocenters. The Hall–Kier alpha value is -7.16. The number of rotatable bonds is 6. The summed E-state index contributed by atoms with van der Waals surface area (Å²) in [6, 6.07) is 71.4. The number of fused-ring (bicyclic) bond motifs is 7. The SMILES string of the molecule is CC(C)(C)c1ccc(-c2ccc(N(c3ccc4c(c3)-c3ccccc3C4(C)C)c3ccc4ccccc4c3-c3cccc(-c4cccc5c4oc4ccccc45)c3)cc2)cc1. The van der Waals surface area contributed by atoms with Crippen LogP contribution in [-0.2, 0) is 10.8 Å². The van der Waals surface area contributed by atoms with Gasteiger partial charge in [-0.15, -0.1) is 0 Å². The molecule has 1 aliphatic carbocycles. The molecule has 61 heavy (non-hydrogen) atoms. The molecule has 294 valence electrons. The van der Waals surface area contributed by atoms with E-state index >= 15 is 0 Å². The third-order valence-corrected chi connectivity index (χ3v) is 13.0. The molecule has 0 unspecified atom stereocenters. The van der Waals surface area contributed by atoms with Gasteiger partial charge in [0.25, 0.3) is 0 Å². The molecule has 11 rings (SSSR count). The summed E-state index contributed by atoms with van der Waals surface area (Å²) in [7, 11) is 0. The molecule has 1 aliphatic rings. The first-order valence-electron chi connectivity index (χ1n) is 21.4. The Morgan fingerprint density at radius 2 is 1.07 bits per heavy atom. The highest BCUT2D eigenvalue weighted by molar-refractivity contribution is 6.10. The molecule has 1 aromatic heterocycles. The predicted octanol–water partition coefficient (Wildman–Crippen LogP) is 16.8. The third kappa shape index (κ3) is 6.08. The molecule has 0 saturated carbocycles. The number of anilines is 3. The first-order valence-corrected chi connectivity index (χ1v) is 21.4. The monoisotopic (exact) mass is 785 g/mol. The van der Waals surface area contributed by atoms with Crippen LogP contribution in [0.25, 0.3) is 77.2 Å². The molecule has 0 N–H and O–H groups in total. The summed E-state index contributed by atoms with van der Waals surface area (Å²) in [4.78, 5) is 2.47. The lowest BCUT2D eigenvalue weighted by Crippen LogP contribution is -2.15. The topological polar surface area (TPSA) is 16.4 Å². The first kappa shape index (κ1) is 36.9. The van der Waals surface area contributed by atoms with E-state index in [9.17, 15) is 0 Å². The normalized spacial score (nSPS) is 13.1. The Kier molecular flexibility index (Phi) is 8.44. The summed E-state index contributed by atoms with van der Waals surface area (Å²) in [6.45, 7) is 11.5. The molecule has 2 heteroatoms. The van der Waals surface area contributed by atoms with E-state index in [1.165, 1.54) is 55.3 Å². The van der Waals surface area contributed by atoms with Gasteiger partial charge in [-0.1, -0.05) is 186 Å². The zero-order valence-corrected chi connectivity index (χ0v) is 35.3. The van der Waals surface area contributed by atoms with Crippen LogP contribution < -0.4 is 4.90 Å². The van der Waals surface area contributed by atoms with E-state index < -0.39 is 0 Å². The number of benzene rings is 9. The molecule has 0 fully saturated rings. The van der Waals surface area contributed by atoms with Gasteiger partial charge < -0.3 is 9.32 Å². The van der Waals surface area contributed by atoms with Crippen molar-refractivity contribution in [1.82, 2.24) is 0 Å². The van der Waals surface area contributed by atoms with Gasteiger partial charge in [0, 0.05) is 38.7 Å². The summed E-state index contributed by atoms with van der Waals surface area (Å²) >= 11 is 0. The van der Waals surface area contributed by atoms with E-state index in [0.29, 0.717) is 0 Å². The molecular weight excluding hydrogens is 739 g/mol. The fourth-order valence-electron chi connectivity index (χ4n) is 9.81. The van der Waals surface area contributed by atoms with Crippen molar-refractivity contribution in [1.29, 1.82) is 0 Å². The minimum atomic E-state index is -0.0866. The maximum absolute atomic E-state index is 6.56. The quantitative estimate of drug-likeness (QED) is 0.167. The molecule has 0 aliphatic heterocycles. The lowest BCUT2D eigenvalue weighted by Gasteiger charge is -2.30. The lowest BCUT2D eigenvalue weighted by atomic mass is 9.82. The van der Waals surface area contributed by atoms with Crippen LogP contribution in [0.3, 0.4) is 0 Å². The van der Waals surface area contributed by atoms with E-state index in [-0.39, 0.29) is 10.8 Å². The summed E-state index contributed by atoms with van der Waals surface area (Å²) in [5, 5.41) is 4.67. The van der Waals surface area contributed by atoms with E-state index in [1.54, 1.807) is 0 Å². The van der Waals surface area contributed by atoms with Gasteiger partial charge in [0.15, 0.2) is 0 Å². The van der Waals surface area contributed by atoms with Crippen LogP contribution in [0, 0.1) is 0 Å². The lowest BCUT2D eigenvalue weighted by molar-refractivity contribution is 0.590. The second kappa shape index (κ2) is 14.0. The van der Waals surface area contributed by atoms with Crippen LogP contribution >= 0.6 is 0 Å². The summed E-state index contributed by atoms with van der Waals surface area (Å²) in [5.41, 5.74) is 18.8. The van der Waals surface area contributed by atoms with E-state index in [2.05, 4.69) is 228 Å². The minimum Gasteiger partial charge on any atom is -0.455 e. The maximum atomic E-state index is 6.56. The highest BCUT2D eigenvalue weighted by Crippen LogP contribution is 2.52. The second-order valence-corrected chi connectivity index (χ2v) is 18.2. The van der Waals surface area contributed by atoms with Crippen LogP contribution in [0.1, 0.15) is 51.3 Å². The van der Waals surface area contributed by atoms with Gasteiger partial charge in [-0.25, -0.2) is 0 Å². The van der Waals surface area contributed by atoms with Crippen LogP contribution in [-0.4, -0.2) is 0 Å². The number of furan rings is 1. The largest absolute Gasteiger partial charge is 0.455 e. The molecule has 2 nitrogen and oxygen atoms in total. The van der Waals surface area contributed by atoms with Gasteiger partial charge in [-0.3, -0.25) is 0 Å². The van der Waals surface area contributed by atoms with Gasteiger partial charge in [0.1, 0.15) is 11.2 Å². The molecule has 0 radical (unpaired) electrons. The first-order chi connectivity index (χ1) is 29.6. The number of hydrogen-bond donors (Lipinski definition) is 0. The van der Waals surface area contributed by atoms with Gasteiger partial charge in [0.2, 0.25) is 0 Å². The van der Waals surface area contributed by atoms with Crippen molar-refractivity contribution in [2.24, 2.45) is 0 Å². The fraction of sp³-hybridized carbons (Fsp3) is 0.119. The Balaban J connectivity index is 1.12. The van der Waals surface area contributed by atoms with E-state index in [0.717, 1.165) is 55.7 Å². The van der Waals surface area contributed by atoms with Crippen molar-refractivity contribution < 1.29 is 4.42 Å². The Bertz CT molecular complexity index is 3300. The van der Waals surface area contributed by atoms with Crippen molar-refractivity contribution in [3.8, 4) is 44.5 Å². The molecule has 0 amide bonds. The highest BCUT2D eigenvalue weighted by atomic mass is 16.3. The second-order valence-electron chi connectivity index (χ2n) is 18.2. The molecule has 1 heterocycles. The summed E-state index contributed by atoms with van der Waals surface area (Å²) < 4.78 is 6.56. The van der Waals surface area contributed by atoms with Crippen molar-refractivity contribution in [2.45, 2.75) is 45.4 Å². The molecular formula is C59H47NO. The van der Waals surface area contributed by atoms with E-state index in [4.69, 9.17) is 4.42 Å². The van der Waals surface area contributed by atoms with Gasteiger partial charge in [-0.05, 0) is 109 Å². The smallest absolute Gasteiger partial charge is 0.143 e. The van der Waals surface area contributed by atoms with Gasteiger partial charge in [0.05, 0.1) is 5.69 Å². The average molecular weight is 786 g/mol. The van der Waals surface area contributed by atoms with Crippen LogP contribution in [0.15, 0.2) is 199 Å². The van der Waals surface area contributed by atoms with Crippen LogP contribution in [0.2, 0.25) is 0 Å². The van der Waals surface area contributed by atoms with Gasteiger partial charge >= 0.3 is 0 Å². The predicted molar refractivity (Wildman–Crippen MR) is 258 cm³/mol. The standard InChI is InChI=1S/C59H47NO/c1-58(2,3)43-29-24-38(25-30-43)39-26-31-44(32-27-39)60(45-33-34-53-51(37-45)48-18-8-10-22-52(48)59(53,4)5)54-35-28-40-14-6-7-17-46(40)56(54)42-16-12-15-41(36-42)47-20-13-21-50-49-19-9-11-23-55(49)61-57(47)50/h6-37H,1-5H3. The zero-order valence-electron chi connectivity index (χ0n) is 35.3. The summed E-state index contributed by atoms with van der Waals surface area (Å²) in [5.74, 6) is 0. The Morgan fingerprint density at radius 1 is 0.443 bits per heavy atom. The molecule has 0 saturated heterocycles. The van der Waals surface area contributed by atoms with Crippen molar-refractivity contribution >= 4 is 49.8 Å². The van der Waals surface area contributed by atoms with Crippen molar-refractivity contribution in [3.05, 3.63) is 211 Å². The molecule has 0 bridgehead atoms. The molecule has 10 aromatic rings. The number of nitrogens with zero attached hydrogens (tertiary/aromatic N) is 1. The molecule has 0 spiro atoms. The number of para-hydroxylation sites is 2. The Labute approximate surface area is 358 Å². The van der Waals surface area contributed by atoms with Crippen molar-refractivity contribution in [3.63, 3.8) is 0 Å².